The molecule has 1 aromatic carbocycles. The Labute approximate surface area is 127 Å². The van der Waals surface area contributed by atoms with Gasteiger partial charge in [0.2, 0.25) is 0 Å². The van der Waals surface area contributed by atoms with Gasteiger partial charge in [-0.25, -0.2) is 0 Å². The number of rotatable bonds is 4. The van der Waals surface area contributed by atoms with E-state index >= 15 is 0 Å². The topological polar surface area (TPSA) is 49.8 Å². The molecule has 1 N–H and O–H groups in total. The number of likely N-dealkylation sites (tertiary alicyclic amines) is 1. The smallest absolute Gasteiger partial charge is 0.260 e. The molecule has 4 nitrogen and oxygen atoms in total. The van der Waals surface area contributed by atoms with E-state index in [1.807, 2.05) is 17.0 Å². The highest BCUT2D eigenvalue weighted by Crippen LogP contribution is 2.29. The normalized spacial score (nSPS) is 15.8. The minimum absolute atomic E-state index is 0.0199. The number of nitrogens with zero attached hydrogens (tertiary/aromatic N) is 1. The van der Waals surface area contributed by atoms with Crippen LogP contribution in [0.1, 0.15) is 31.2 Å². The zero-order valence-corrected chi connectivity index (χ0v) is 13.1. The van der Waals surface area contributed by atoms with Gasteiger partial charge in [0.05, 0.1) is 11.1 Å². The van der Waals surface area contributed by atoms with E-state index in [-0.39, 0.29) is 19.1 Å². The van der Waals surface area contributed by atoms with E-state index < -0.39 is 0 Å². The average molecular weight is 342 g/mol. The number of hydrogen-bond acceptors (Lipinski definition) is 3. The number of para-hydroxylation sites is 1. The molecule has 1 aliphatic heterocycles. The Morgan fingerprint density at radius 2 is 1.95 bits per heavy atom. The fourth-order valence-corrected chi connectivity index (χ4v) is 2.91. The number of carbonyl (C=O) groups is 1. The molecule has 0 spiro atoms. The Kier molecular flexibility index (Phi) is 5.86. The van der Waals surface area contributed by atoms with E-state index in [0.717, 1.165) is 30.4 Å². The van der Waals surface area contributed by atoms with Crippen LogP contribution in [0.4, 0.5) is 0 Å². The molecule has 110 valence electrons. The summed E-state index contributed by atoms with van der Waals surface area (Å²) >= 11 is 3.39. The molecule has 1 saturated heterocycles. The van der Waals surface area contributed by atoms with Crippen LogP contribution in [0.2, 0.25) is 0 Å². The summed E-state index contributed by atoms with van der Waals surface area (Å²) in [6, 6.07) is 5.46. The lowest BCUT2D eigenvalue weighted by molar-refractivity contribution is -0.133. The molecule has 0 unspecified atom stereocenters. The Balaban J connectivity index is 1.96. The Morgan fingerprint density at radius 3 is 2.60 bits per heavy atom. The summed E-state index contributed by atoms with van der Waals surface area (Å²) < 4.78 is 6.37. The van der Waals surface area contributed by atoms with Crippen LogP contribution in [-0.4, -0.2) is 35.6 Å². The second-order valence-corrected chi connectivity index (χ2v) is 5.82. The second kappa shape index (κ2) is 7.64. The van der Waals surface area contributed by atoms with Crippen LogP contribution >= 0.6 is 15.9 Å². The Hall–Kier alpha value is -1.07. The molecule has 0 radical (unpaired) electrons. The van der Waals surface area contributed by atoms with E-state index in [1.165, 1.54) is 12.8 Å². The molecule has 2 rings (SSSR count). The molecule has 20 heavy (non-hydrogen) atoms. The van der Waals surface area contributed by atoms with E-state index in [1.54, 1.807) is 6.07 Å². The van der Waals surface area contributed by atoms with Crippen LogP contribution in [0.5, 0.6) is 5.75 Å². The van der Waals surface area contributed by atoms with Crippen molar-refractivity contribution < 1.29 is 14.6 Å². The van der Waals surface area contributed by atoms with Crippen LogP contribution in [0.15, 0.2) is 22.7 Å². The molecule has 0 atom stereocenters. The standard InChI is InChI=1S/C15H20BrNO3/c16-13-7-5-6-12(10-18)15(13)20-11-14(19)17-8-3-1-2-4-9-17/h5-7,18H,1-4,8-11H2. The lowest BCUT2D eigenvalue weighted by atomic mass is 10.2. The highest BCUT2D eigenvalue weighted by atomic mass is 79.9. The summed E-state index contributed by atoms with van der Waals surface area (Å²) in [6.07, 6.45) is 4.54. The first-order chi connectivity index (χ1) is 9.72. The van der Waals surface area contributed by atoms with E-state index in [4.69, 9.17) is 4.74 Å². The highest BCUT2D eigenvalue weighted by Gasteiger charge is 2.17. The molecule has 1 heterocycles. The van der Waals surface area contributed by atoms with Crippen LogP contribution < -0.4 is 4.74 Å². The van der Waals surface area contributed by atoms with Crippen molar-refractivity contribution in [2.75, 3.05) is 19.7 Å². The minimum Gasteiger partial charge on any atom is -0.482 e. The van der Waals surface area contributed by atoms with Gasteiger partial charge in [-0.2, -0.15) is 0 Å². The molecule has 0 bridgehead atoms. The lowest BCUT2D eigenvalue weighted by Crippen LogP contribution is -2.35. The molecule has 0 saturated carbocycles. The maximum Gasteiger partial charge on any atom is 0.260 e. The first-order valence-corrected chi connectivity index (χ1v) is 7.80. The molecule has 1 aromatic rings. The summed E-state index contributed by atoms with van der Waals surface area (Å²) in [5, 5.41) is 9.30. The SMILES string of the molecule is O=C(COc1c(Br)cccc1CO)N1CCCCCC1. The second-order valence-electron chi connectivity index (χ2n) is 4.97. The molecular formula is C15H20BrNO3. The number of amides is 1. The minimum atomic E-state index is -0.104. The third-order valence-corrected chi connectivity index (χ3v) is 4.14. The fourth-order valence-electron chi connectivity index (χ4n) is 2.38. The molecule has 1 fully saturated rings. The largest absolute Gasteiger partial charge is 0.482 e. The number of aliphatic hydroxyl groups is 1. The average Bonchev–Trinajstić information content (AvgIpc) is 2.74. The zero-order chi connectivity index (χ0) is 14.4. The van der Waals surface area contributed by atoms with Crippen molar-refractivity contribution in [1.82, 2.24) is 4.90 Å². The van der Waals surface area contributed by atoms with Gasteiger partial charge in [-0.05, 0) is 34.8 Å². The summed E-state index contributed by atoms with van der Waals surface area (Å²) in [5.74, 6) is 0.574. The molecule has 1 amide bonds. The number of halogens is 1. The van der Waals surface area contributed by atoms with Gasteiger partial charge in [0, 0.05) is 18.7 Å². The summed E-state index contributed by atoms with van der Waals surface area (Å²) in [5.41, 5.74) is 0.683. The van der Waals surface area contributed by atoms with E-state index in [0.29, 0.717) is 11.3 Å². The predicted octanol–water partition coefficient (Wildman–Crippen LogP) is 2.72. The Bertz CT molecular complexity index is 456. The van der Waals surface area contributed by atoms with E-state index in [9.17, 15) is 9.90 Å². The van der Waals surface area contributed by atoms with Crippen LogP contribution in [-0.2, 0) is 11.4 Å². The van der Waals surface area contributed by atoms with Gasteiger partial charge in [0.15, 0.2) is 6.61 Å². The van der Waals surface area contributed by atoms with Gasteiger partial charge in [-0.3, -0.25) is 4.79 Å². The summed E-state index contributed by atoms with van der Waals surface area (Å²) in [4.78, 5) is 14.0. The molecule has 0 aliphatic carbocycles. The van der Waals surface area contributed by atoms with Gasteiger partial charge in [-0.15, -0.1) is 0 Å². The van der Waals surface area contributed by atoms with Crippen LogP contribution in [0, 0.1) is 0 Å². The monoisotopic (exact) mass is 341 g/mol. The quantitative estimate of drug-likeness (QED) is 0.915. The third kappa shape index (κ3) is 3.96. The summed E-state index contributed by atoms with van der Waals surface area (Å²) in [7, 11) is 0. The lowest BCUT2D eigenvalue weighted by Gasteiger charge is -2.21. The summed E-state index contributed by atoms with van der Waals surface area (Å²) in [6.45, 7) is 1.57. The van der Waals surface area contributed by atoms with Crippen LogP contribution in [0.25, 0.3) is 0 Å². The van der Waals surface area contributed by atoms with Gasteiger partial charge < -0.3 is 14.7 Å². The fraction of sp³-hybridized carbons (Fsp3) is 0.533. The van der Waals surface area contributed by atoms with Crippen molar-refractivity contribution in [3.63, 3.8) is 0 Å². The number of carbonyl (C=O) groups excluding carboxylic acids is 1. The first-order valence-electron chi connectivity index (χ1n) is 7.01. The number of hydrogen-bond donors (Lipinski definition) is 1. The molecular weight excluding hydrogens is 322 g/mol. The molecule has 5 heteroatoms. The number of aliphatic hydroxyl groups excluding tert-OH is 1. The van der Waals surface area contributed by atoms with Crippen molar-refractivity contribution in [1.29, 1.82) is 0 Å². The highest BCUT2D eigenvalue weighted by molar-refractivity contribution is 9.10. The van der Waals surface area contributed by atoms with Crippen molar-refractivity contribution in [3.8, 4) is 5.75 Å². The predicted molar refractivity (Wildman–Crippen MR) is 80.6 cm³/mol. The van der Waals surface area contributed by atoms with Crippen molar-refractivity contribution >= 4 is 21.8 Å². The van der Waals surface area contributed by atoms with Gasteiger partial charge in [0.1, 0.15) is 5.75 Å². The van der Waals surface area contributed by atoms with Gasteiger partial charge in [0.25, 0.3) is 5.91 Å². The maximum atomic E-state index is 12.2. The van der Waals surface area contributed by atoms with E-state index in [2.05, 4.69) is 15.9 Å². The van der Waals surface area contributed by atoms with Gasteiger partial charge >= 0.3 is 0 Å². The maximum absolute atomic E-state index is 12.2. The zero-order valence-electron chi connectivity index (χ0n) is 11.5. The molecule has 1 aliphatic rings. The van der Waals surface area contributed by atoms with Gasteiger partial charge in [-0.1, -0.05) is 25.0 Å². The first kappa shape index (κ1) is 15.3. The van der Waals surface area contributed by atoms with Crippen molar-refractivity contribution in [2.24, 2.45) is 0 Å². The van der Waals surface area contributed by atoms with Crippen molar-refractivity contribution in [2.45, 2.75) is 32.3 Å². The Morgan fingerprint density at radius 1 is 1.25 bits per heavy atom. The number of benzene rings is 1. The van der Waals surface area contributed by atoms with Crippen LogP contribution in [0.3, 0.4) is 0 Å². The number of ether oxygens (including phenoxy) is 1. The molecule has 0 aromatic heterocycles. The third-order valence-electron chi connectivity index (χ3n) is 3.52. The van der Waals surface area contributed by atoms with Crippen molar-refractivity contribution in [3.05, 3.63) is 28.2 Å².